The van der Waals surface area contributed by atoms with Gasteiger partial charge in [0.25, 0.3) is 0 Å². The van der Waals surface area contributed by atoms with Crippen molar-refractivity contribution in [3.05, 3.63) is 29.8 Å². The van der Waals surface area contributed by atoms with E-state index >= 15 is 0 Å². The van der Waals surface area contributed by atoms with Crippen molar-refractivity contribution in [3.63, 3.8) is 0 Å². The molecule has 0 unspecified atom stereocenters. The number of fused-ring (bicyclic) bond motifs is 1. The molecule has 0 saturated heterocycles. The molecule has 1 aromatic carbocycles. The number of carbonyl (C=O) groups excluding carboxylic acids is 1. The van der Waals surface area contributed by atoms with Crippen LogP contribution in [0.4, 0.5) is 0 Å². The van der Waals surface area contributed by atoms with Crippen LogP contribution in [0.15, 0.2) is 34.4 Å². The Morgan fingerprint density at radius 3 is 2.95 bits per heavy atom. The number of benzene rings is 1. The zero-order valence-electron chi connectivity index (χ0n) is 10.5. The minimum absolute atomic E-state index is 0.0744. The van der Waals surface area contributed by atoms with Gasteiger partial charge in [0, 0.05) is 6.42 Å². The number of rotatable bonds is 3. The Morgan fingerprint density at radius 2 is 2.16 bits per heavy atom. The molecule has 6 heteroatoms. The summed E-state index contributed by atoms with van der Waals surface area (Å²) in [4.78, 5) is 15.2. The first-order valence-electron chi connectivity index (χ1n) is 6.04. The van der Waals surface area contributed by atoms with Crippen molar-refractivity contribution >= 4 is 27.9 Å². The number of hydrogen-bond donors (Lipinski definition) is 0. The number of aliphatic imine (C=N–C) groups is 1. The highest BCUT2D eigenvalue weighted by atomic mass is 32.2. The second-order valence-electron chi connectivity index (χ2n) is 4.36. The molecule has 0 aliphatic carbocycles. The van der Waals surface area contributed by atoms with E-state index in [1.807, 2.05) is 31.2 Å². The SMILES string of the molecule is Cc1ccc(OCC2=NN3CCC(=O)N=C3S2)cc1. The third kappa shape index (κ3) is 2.78. The Balaban J connectivity index is 1.61. The summed E-state index contributed by atoms with van der Waals surface area (Å²) in [6.07, 6.45) is 0.430. The van der Waals surface area contributed by atoms with Gasteiger partial charge in [-0.25, -0.2) is 5.01 Å². The first-order valence-corrected chi connectivity index (χ1v) is 6.86. The molecule has 3 rings (SSSR count). The Bertz CT molecular complexity index is 566. The topological polar surface area (TPSA) is 54.3 Å². The number of amides is 1. The van der Waals surface area contributed by atoms with E-state index in [1.165, 1.54) is 17.3 Å². The van der Waals surface area contributed by atoms with Crippen LogP contribution in [-0.2, 0) is 4.79 Å². The second-order valence-corrected chi connectivity index (χ2v) is 5.40. The van der Waals surface area contributed by atoms with Crippen molar-refractivity contribution < 1.29 is 9.53 Å². The molecule has 98 valence electrons. The van der Waals surface area contributed by atoms with Gasteiger partial charge in [-0.2, -0.15) is 10.1 Å². The van der Waals surface area contributed by atoms with E-state index in [9.17, 15) is 4.79 Å². The predicted molar refractivity (Wildman–Crippen MR) is 75.5 cm³/mol. The van der Waals surface area contributed by atoms with Crippen LogP contribution in [-0.4, -0.2) is 34.3 Å². The van der Waals surface area contributed by atoms with E-state index in [0.717, 1.165) is 10.8 Å². The van der Waals surface area contributed by atoms with Gasteiger partial charge >= 0.3 is 0 Å². The molecule has 2 aliphatic heterocycles. The van der Waals surface area contributed by atoms with Gasteiger partial charge in [-0.15, -0.1) is 0 Å². The third-order valence-electron chi connectivity index (χ3n) is 2.80. The summed E-state index contributed by atoms with van der Waals surface area (Å²) < 4.78 is 5.66. The van der Waals surface area contributed by atoms with Gasteiger partial charge in [-0.3, -0.25) is 4.79 Å². The molecule has 5 nitrogen and oxygen atoms in total. The summed E-state index contributed by atoms with van der Waals surface area (Å²) in [7, 11) is 0. The zero-order valence-corrected chi connectivity index (χ0v) is 11.3. The molecule has 2 heterocycles. The fraction of sp³-hybridized carbons (Fsp3) is 0.308. The molecule has 0 radical (unpaired) electrons. The first-order chi connectivity index (χ1) is 9.20. The van der Waals surface area contributed by atoms with Crippen molar-refractivity contribution in [2.75, 3.05) is 13.2 Å². The lowest BCUT2D eigenvalue weighted by Crippen LogP contribution is -2.27. The third-order valence-corrected chi connectivity index (χ3v) is 3.72. The van der Waals surface area contributed by atoms with Crippen molar-refractivity contribution in [1.82, 2.24) is 5.01 Å². The van der Waals surface area contributed by atoms with Crippen molar-refractivity contribution in [2.24, 2.45) is 10.1 Å². The Morgan fingerprint density at radius 1 is 1.37 bits per heavy atom. The number of aryl methyl sites for hydroxylation is 1. The maximum atomic E-state index is 11.2. The van der Waals surface area contributed by atoms with E-state index < -0.39 is 0 Å². The second kappa shape index (κ2) is 5.05. The predicted octanol–water partition coefficient (Wildman–Crippen LogP) is 2.02. The maximum absolute atomic E-state index is 11.2. The van der Waals surface area contributed by atoms with Crippen LogP contribution in [0.1, 0.15) is 12.0 Å². The first kappa shape index (κ1) is 12.2. The molecule has 0 fully saturated rings. The van der Waals surface area contributed by atoms with Crippen molar-refractivity contribution in [1.29, 1.82) is 0 Å². The van der Waals surface area contributed by atoms with Crippen LogP contribution in [0.25, 0.3) is 0 Å². The van der Waals surface area contributed by atoms with Gasteiger partial charge in [-0.1, -0.05) is 17.7 Å². The van der Waals surface area contributed by atoms with Crippen molar-refractivity contribution in [3.8, 4) is 5.75 Å². The number of carbonyl (C=O) groups is 1. The van der Waals surface area contributed by atoms with Crippen LogP contribution in [0, 0.1) is 6.92 Å². The standard InChI is InChI=1S/C13H13N3O2S/c1-9-2-4-10(5-3-9)18-8-12-15-16-7-6-11(17)14-13(16)19-12/h2-5H,6-8H2,1H3. The van der Waals surface area contributed by atoms with E-state index in [4.69, 9.17) is 4.74 Å². The summed E-state index contributed by atoms with van der Waals surface area (Å²) in [6, 6.07) is 7.88. The van der Waals surface area contributed by atoms with Crippen LogP contribution < -0.4 is 4.74 Å². The molecule has 1 aromatic rings. The average Bonchev–Trinajstić information content (AvgIpc) is 2.80. The van der Waals surface area contributed by atoms with Gasteiger partial charge < -0.3 is 4.74 Å². The summed E-state index contributed by atoms with van der Waals surface area (Å²) in [5.41, 5.74) is 1.20. The number of amidine groups is 1. The Labute approximate surface area is 115 Å². The lowest BCUT2D eigenvalue weighted by molar-refractivity contribution is -0.118. The highest BCUT2D eigenvalue weighted by Gasteiger charge is 2.28. The van der Waals surface area contributed by atoms with Crippen LogP contribution in [0.2, 0.25) is 0 Å². The molecule has 0 bridgehead atoms. The van der Waals surface area contributed by atoms with Gasteiger partial charge in [0.1, 0.15) is 17.4 Å². The number of ether oxygens (including phenoxy) is 1. The molecule has 2 aliphatic rings. The van der Waals surface area contributed by atoms with E-state index in [0.29, 0.717) is 24.7 Å². The van der Waals surface area contributed by atoms with E-state index in [-0.39, 0.29) is 5.91 Å². The molecular formula is C13H13N3O2S. The van der Waals surface area contributed by atoms with Crippen LogP contribution in [0.3, 0.4) is 0 Å². The monoisotopic (exact) mass is 275 g/mol. The van der Waals surface area contributed by atoms with Gasteiger partial charge in [0.2, 0.25) is 5.91 Å². The van der Waals surface area contributed by atoms with E-state index in [2.05, 4.69) is 10.1 Å². The number of thioether (sulfide) groups is 1. The quantitative estimate of drug-likeness (QED) is 0.847. The fourth-order valence-electron chi connectivity index (χ4n) is 1.78. The Kier molecular flexibility index (Phi) is 3.25. The summed E-state index contributed by atoms with van der Waals surface area (Å²) in [5, 5.41) is 7.64. The molecule has 0 atom stereocenters. The number of hydrogen-bond acceptors (Lipinski definition) is 5. The summed E-state index contributed by atoms with van der Waals surface area (Å²) >= 11 is 1.40. The molecule has 0 spiro atoms. The molecule has 0 saturated carbocycles. The highest BCUT2D eigenvalue weighted by Crippen LogP contribution is 2.24. The highest BCUT2D eigenvalue weighted by molar-refractivity contribution is 8.26. The molecule has 0 N–H and O–H groups in total. The van der Waals surface area contributed by atoms with E-state index in [1.54, 1.807) is 5.01 Å². The largest absolute Gasteiger partial charge is 0.487 e. The number of hydrazone groups is 1. The minimum Gasteiger partial charge on any atom is -0.487 e. The molecular weight excluding hydrogens is 262 g/mol. The van der Waals surface area contributed by atoms with Gasteiger partial charge in [0.05, 0.1) is 6.54 Å². The smallest absolute Gasteiger partial charge is 0.250 e. The van der Waals surface area contributed by atoms with Gasteiger partial charge in [-0.05, 0) is 30.8 Å². The van der Waals surface area contributed by atoms with Crippen LogP contribution in [0.5, 0.6) is 5.75 Å². The maximum Gasteiger partial charge on any atom is 0.250 e. The lowest BCUT2D eigenvalue weighted by atomic mass is 10.2. The van der Waals surface area contributed by atoms with Crippen LogP contribution >= 0.6 is 11.8 Å². The lowest BCUT2D eigenvalue weighted by Gasteiger charge is -2.16. The van der Waals surface area contributed by atoms with Crippen molar-refractivity contribution in [2.45, 2.75) is 13.3 Å². The minimum atomic E-state index is -0.0744. The molecule has 0 aromatic heterocycles. The normalized spacial score (nSPS) is 17.9. The molecule has 1 amide bonds. The summed E-state index contributed by atoms with van der Waals surface area (Å²) in [5.74, 6) is 0.742. The average molecular weight is 275 g/mol. The van der Waals surface area contributed by atoms with Gasteiger partial charge in [0.15, 0.2) is 5.17 Å². The molecule has 19 heavy (non-hydrogen) atoms. The zero-order chi connectivity index (χ0) is 13.2. The number of nitrogens with zero attached hydrogens (tertiary/aromatic N) is 3. The summed E-state index contributed by atoms with van der Waals surface area (Å²) in [6.45, 7) is 3.05. The fourth-order valence-corrected chi connectivity index (χ4v) is 2.64. The Hall–Kier alpha value is -1.82.